The lowest BCUT2D eigenvalue weighted by Gasteiger charge is -2.08. The van der Waals surface area contributed by atoms with E-state index in [2.05, 4.69) is 10.3 Å². The molecule has 0 aromatic carbocycles. The van der Waals surface area contributed by atoms with Crippen LogP contribution in [0.15, 0.2) is 18.2 Å². The minimum atomic E-state index is -0.911. The Morgan fingerprint density at radius 2 is 2.18 bits per heavy atom. The minimum Gasteiger partial charge on any atom is -0.481 e. The highest BCUT2D eigenvalue weighted by molar-refractivity contribution is 6.29. The molecule has 6 heteroatoms. The molecular weight excluding hydrogens is 244 g/mol. The number of nitrogens with zero attached hydrogens (tertiary/aromatic N) is 1. The van der Waals surface area contributed by atoms with Crippen molar-refractivity contribution in [2.24, 2.45) is 5.92 Å². The van der Waals surface area contributed by atoms with E-state index in [1.165, 1.54) is 0 Å². The number of amides is 1. The van der Waals surface area contributed by atoms with Gasteiger partial charge in [-0.3, -0.25) is 9.59 Å². The van der Waals surface area contributed by atoms with Gasteiger partial charge in [0.2, 0.25) is 5.91 Å². The Labute approximate surface area is 104 Å². The number of carbonyl (C=O) groups excluding carboxylic acids is 1. The molecule has 0 saturated heterocycles. The Balaban J connectivity index is 2.47. The van der Waals surface area contributed by atoms with Gasteiger partial charge in [0, 0.05) is 12.8 Å². The predicted molar refractivity (Wildman–Crippen MR) is 63.9 cm³/mol. The van der Waals surface area contributed by atoms with E-state index in [0.717, 1.165) is 0 Å². The van der Waals surface area contributed by atoms with Gasteiger partial charge in [0.1, 0.15) is 11.0 Å². The highest BCUT2D eigenvalue weighted by atomic mass is 35.5. The van der Waals surface area contributed by atoms with E-state index >= 15 is 0 Å². The highest BCUT2D eigenvalue weighted by Gasteiger charge is 2.13. The number of halogens is 1. The first-order chi connectivity index (χ1) is 7.97. The van der Waals surface area contributed by atoms with Crippen LogP contribution in [0.5, 0.6) is 0 Å². The largest absolute Gasteiger partial charge is 0.481 e. The molecule has 1 unspecified atom stereocenters. The summed E-state index contributed by atoms with van der Waals surface area (Å²) in [7, 11) is 0. The van der Waals surface area contributed by atoms with Gasteiger partial charge in [-0.25, -0.2) is 4.98 Å². The van der Waals surface area contributed by atoms with Gasteiger partial charge in [-0.2, -0.15) is 0 Å². The van der Waals surface area contributed by atoms with Crippen molar-refractivity contribution in [3.63, 3.8) is 0 Å². The van der Waals surface area contributed by atoms with Crippen molar-refractivity contribution in [2.75, 3.05) is 5.32 Å². The zero-order valence-electron chi connectivity index (χ0n) is 9.31. The molecule has 0 spiro atoms. The molecular formula is C11H13ClN2O3. The Morgan fingerprint density at radius 1 is 1.47 bits per heavy atom. The molecule has 0 aliphatic heterocycles. The first-order valence-electron chi connectivity index (χ1n) is 5.11. The third-order valence-corrected chi connectivity index (χ3v) is 2.25. The fourth-order valence-corrected chi connectivity index (χ4v) is 1.52. The Morgan fingerprint density at radius 3 is 2.76 bits per heavy atom. The summed E-state index contributed by atoms with van der Waals surface area (Å²) in [4.78, 5) is 25.9. The van der Waals surface area contributed by atoms with E-state index in [4.69, 9.17) is 16.7 Å². The second-order valence-electron chi connectivity index (χ2n) is 3.80. The molecule has 1 heterocycles. The summed E-state index contributed by atoms with van der Waals surface area (Å²) in [5, 5.41) is 11.4. The van der Waals surface area contributed by atoms with Crippen molar-refractivity contribution in [1.82, 2.24) is 4.98 Å². The topological polar surface area (TPSA) is 79.3 Å². The molecule has 0 fully saturated rings. The van der Waals surface area contributed by atoms with Gasteiger partial charge in [0.05, 0.1) is 0 Å². The second-order valence-corrected chi connectivity index (χ2v) is 4.19. The van der Waals surface area contributed by atoms with Crippen LogP contribution in [0.4, 0.5) is 5.82 Å². The van der Waals surface area contributed by atoms with Crippen molar-refractivity contribution >= 4 is 29.3 Å². The fraction of sp³-hybridized carbons (Fsp3) is 0.364. The quantitative estimate of drug-likeness (QED) is 0.792. The first-order valence-corrected chi connectivity index (χ1v) is 5.49. The van der Waals surface area contributed by atoms with Crippen LogP contribution in [-0.2, 0) is 9.59 Å². The molecule has 1 aromatic heterocycles. The SMILES string of the molecule is CC(CC(=O)O)CC(=O)Nc1cccc(Cl)n1. The van der Waals surface area contributed by atoms with Crippen molar-refractivity contribution in [3.05, 3.63) is 23.4 Å². The fourth-order valence-electron chi connectivity index (χ4n) is 1.36. The summed E-state index contributed by atoms with van der Waals surface area (Å²) >= 11 is 5.66. The smallest absolute Gasteiger partial charge is 0.303 e. The van der Waals surface area contributed by atoms with E-state index < -0.39 is 5.97 Å². The molecule has 1 atom stereocenters. The van der Waals surface area contributed by atoms with Crippen molar-refractivity contribution in [2.45, 2.75) is 19.8 Å². The van der Waals surface area contributed by atoms with Gasteiger partial charge in [0.25, 0.3) is 0 Å². The third kappa shape index (κ3) is 5.31. The van der Waals surface area contributed by atoms with E-state index in [1.807, 2.05) is 0 Å². The summed E-state index contributed by atoms with van der Waals surface area (Å²) in [6.45, 7) is 1.71. The summed E-state index contributed by atoms with van der Waals surface area (Å²) < 4.78 is 0. The number of carbonyl (C=O) groups is 2. The Bertz CT molecular complexity index is 423. The van der Waals surface area contributed by atoms with Crippen molar-refractivity contribution in [1.29, 1.82) is 0 Å². The molecule has 1 amide bonds. The average molecular weight is 257 g/mol. The van der Waals surface area contributed by atoms with Crippen LogP contribution in [0.1, 0.15) is 19.8 Å². The maximum Gasteiger partial charge on any atom is 0.303 e. The van der Waals surface area contributed by atoms with E-state index in [9.17, 15) is 9.59 Å². The second kappa shape index (κ2) is 6.20. The number of rotatable bonds is 5. The standard InChI is InChI=1S/C11H13ClN2O3/c1-7(6-11(16)17)5-10(15)14-9-4-2-3-8(12)13-9/h2-4,7H,5-6H2,1H3,(H,16,17)(H,13,14,15). The number of aliphatic carboxylic acids is 1. The summed E-state index contributed by atoms with van der Waals surface area (Å²) in [6.07, 6.45) is 0.108. The molecule has 0 aliphatic rings. The zero-order valence-corrected chi connectivity index (χ0v) is 10.1. The highest BCUT2D eigenvalue weighted by Crippen LogP contribution is 2.12. The number of carboxylic acids is 1. The number of aromatic nitrogens is 1. The van der Waals surface area contributed by atoms with Gasteiger partial charge in [-0.1, -0.05) is 24.6 Å². The van der Waals surface area contributed by atoms with E-state index in [-0.39, 0.29) is 24.7 Å². The van der Waals surface area contributed by atoms with Crippen LogP contribution >= 0.6 is 11.6 Å². The van der Waals surface area contributed by atoms with E-state index in [1.54, 1.807) is 25.1 Å². The number of nitrogens with one attached hydrogen (secondary N) is 1. The summed E-state index contributed by atoms with van der Waals surface area (Å²) in [5.41, 5.74) is 0. The molecule has 5 nitrogen and oxygen atoms in total. The average Bonchev–Trinajstić information content (AvgIpc) is 2.14. The maximum atomic E-state index is 11.5. The molecule has 1 aromatic rings. The number of hydrogen-bond acceptors (Lipinski definition) is 3. The lowest BCUT2D eigenvalue weighted by atomic mass is 10.0. The zero-order chi connectivity index (χ0) is 12.8. The molecule has 0 aliphatic carbocycles. The summed E-state index contributed by atoms with van der Waals surface area (Å²) in [6, 6.07) is 4.89. The lowest BCUT2D eigenvalue weighted by molar-refractivity contribution is -0.138. The number of anilines is 1. The van der Waals surface area contributed by atoms with Crippen molar-refractivity contribution < 1.29 is 14.7 Å². The van der Waals surface area contributed by atoms with E-state index in [0.29, 0.717) is 11.0 Å². The molecule has 92 valence electrons. The molecule has 0 saturated carbocycles. The van der Waals surface area contributed by atoms with Gasteiger partial charge in [0.15, 0.2) is 0 Å². The van der Waals surface area contributed by atoms with Gasteiger partial charge in [-0.05, 0) is 18.1 Å². The summed E-state index contributed by atoms with van der Waals surface area (Å²) in [5.74, 6) is -1.03. The first kappa shape index (κ1) is 13.4. The minimum absolute atomic E-state index is 0.0314. The molecule has 1 rings (SSSR count). The van der Waals surface area contributed by atoms with Crippen LogP contribution in [0.3, 0.4) is 0 Å². The molecule has 2 N–H and O–H groups in total. The maximum absolute atomic E-state index is 11.5. The normalized spacial score (nSPS) is 11.9. The number of carboxylic acid groups (broad SMARTS) is 1. The van der Waals surface area contributed by atoms with Gasteiger partial charge < -0.3 is 10.4 Å². The van der Waals surface area contributed by atoms with Gasteiger partial charge in [-0.15, -0.1) is 0 Å². The molecule has 17 heavy (non-hydrogen) atoms. The van der Waals surface area contributed by atoms with Crippen LogP contribution in [0.25, 0.3) is 0 Å². The monoisotopic (exact) mass is 256 g/mol. The van der Waals surface area contributed by atoms with Crippen LogP contribution in [0.2, 0.25) is 5.15 Å². The van der Waals surface area contributed by atoms with Crippen molar-refractivity contribution in [3.8, 4) is 0 Å². The van der Waals surface area contributed by atoms with Crippen LogP contribution < -0.4 is 5.32 Å². The third-order valence-electron chi connectivity index (χ3n) is 2.04. The van der Waals surface area contributed by atoms with Crippen LogP contribution in [-0.4, -0.2) is 22.0 Å². The number of pyridine rings is 1. The Hall–Kier alpha value is -1.62. The number of hydrogen-bond donors (Lipinski definition) is 2. The predicted octanol–water partition coefficient (Wildman–Crippen LogP) is 2.17. The lowest BCUT2D eigenvalue weighted by Crippen LogP contribution is -2.17. The van der Waals surface area contributed by atoms with Crippen LogP contribution in [0, 0.1) is 5.92 Å². The van der Waals surface area contributed by atoms with Gasteiger partial charge >= 0.3 is 5.97 Å². The molecule has 0 radical (unpaired) electrons. The molecule has 0 bridgehead atoms. The Kier molecular flexibility index (Phi) is 4.90.